The van der Waals surface area contributed by atoms with E-state index in [0.29, 0.717) is 19.3 Å². The molecule has 0 spiro atoms. The highest BCUT2D eigenvalue weighted by atomic mass is 32.1. The minimum absolute atomic E-state index is 0.0370. The van der Waals surface area contributed by atoms with Crippen molar-refractivity contribution < 1.29 is 28.9 Å². The van der Waals surface area contributed by atoms with Gasteiger partial charge in [-0.25, -0.2) is 4.39 Å². The van der Waals surface area contributed by atoms with Crippen LogP contribution in [0, 0.1) is 22.7 Å². The molecule has 9 atom stereocenters. The molecule has 0 amide bonds. The molecule has 3 N–H and O–H groups in total. The Hall–Kier alpha value is -2.62. The fourth-order valence-corrected chi connectivity index (χ4v) is 10.7. The van der Waals surface area contributed by atoms with Crippen LogP contribution < -0.4 is 5.32 Å². The monoisotopic (exact) mass is 647 g/mol. The maximum Gasteiger partial charge on any atom is 0.194 e. The molecule has 0 unspecified atom stereocenters. The van der Waals surface area contributed by atoms with Gasteiger partial charge in [-0.15, -0.1) is 11.3 Å². The topological polar surface area (TPSA) is 88.0 Å². The van der Waals surface area contributed by atoms with Crippen LogP contribution in [0.1, 0.15) is 82.6 Å². The Morgan fingerprint density at radius 3 is 2.72 bits per heavy atom. The second-order valence-electron chi connectivity index (χ2n) is 15.7. The molecule has 3 saturated carbocycles. The van der Waals surface area contributed by atoms with Crippen molar-refractivity contribution in [3.05, 3.63) is 87.7 Å². The zero-order chi connectivity index (χ0) is 32.9. The number of allylic oxidation sites excluding steroid dienone is 5. The van der Waals surface area contributed by atoms with Crippen molar-refractivity contribution >= 4 is 22.8 Å². The molecule has 2 heterocycles. The molecule has 46 heavy (non-hydrogen) atoms. The summed E-state index contributed by atoms with van der Waals surface area (Å²) in [7, 11) is 0. The van der Waals surface area contributed by atoms with E-state index in [2.05, 4.69) is 68.4 Å². The number of hydrogen-bond acceptors (Lipinski definition) is 7. The first kappa shape index (κ1) is 32.0. The predicted octanol–water partition coefficient (Wildman–Crippen LogP) is 7.23. The first-order valence-electron chi connectivity index (χ1n) is 16.5. The van der Waals surface area contributed by atoms with Crippen molar-refractivity contribution in [1.82, 2.24) is 0 Å². The number of benzene rings is 1. The normalized spacial score (nSPS) is 39.7. The van der Waals surface area contributed by atoms with Crippen LogP contribution in [0.15, 0.2) is 71.7 Å². The van der Waals surface area contributed by atoms with Gasteiger partial charge in [-0.05, 0) is 106 Å². The summed E-state index contributed by atoms with van der Waals surface area (Å²) < 4.78 is 31.0. The standard InChI is InChI=1S/C38H46FNO5S/c1-22-12-13-35(5)25(14-22)10-11-27-28-18-32-38(31(43)20-41,36(28,6)19-30(42)37(27,35)39)45-33(44-32)29-17-24(21-46-29)15-23-8-7-9-26(16-23)40-34(2,3)4/h7-9,12-14,16-17,21,27-28,30,32-33,40-42H,1,10-11,15,18-20H2,2-6H3/t27-,28-,30-,32+,33+,35-,36-,37-,38+/m0/s1. The number of nitrogens with one attached hydrogen (secondary N) is 1. The number of alkyl halides is 1. The zero-order valence-electron chi connectivity index (χ0n) is 27.4. The summed E-state index contributed by atoms with van der Waals surface area (Å²) in [6.07, 6.45) is 5.36. The minimum Gasteiger partial charge on any atom is -0.390 e. The molecule has 4 fully saturated rings. The maximum absolute atomic E-state index is 17.7. The van der Waals surface area contributed by atoms with E-state index in [-0.39, 0.29) is 17.9 Å². The maximum atomic E-state index is 17.7. The summed E-state index contributed by atoms with van der Waals surface area (Å²) in [4.78, 5) is 14.7. The molecule has 7 rings (SSSR count). The predicted molar refractivity (Wildman–Crippen MR) is 178 cm³/mol. The van der Waals surface area contributed by atoms with Gasteiger partial charge >= 0.3 is 0 Å². The van der Waals surface area contributed by atoms with Crippen LogP contribution in [0.2, 0.25) is 0 Å². The number of hydrogen-bond donors (Lipinski definition) is 3. The molecule has 1 aromatic carbocycles. The van der Waals surface area contributed by atoms with Gasteiger partial charge in [-0.3, -0.25) is 4.79 Å². The Morgan fingerprint density at radius 2 is 1.98 bits per heavy atom. The summed E-state index contributed by atoms with van der Waals surface area (Å²) >= 11 is 1.53. The van der Waals surface area contributed by atoms with Gasteiger partial charge in [0.2, 0.25) is 0 Å². The van der Waals surface area contributed by atoms with Crippen LogP contribution in [-0.4, -0.2) is 51.6 Å². The van der Waals surface area contributed by atoms with Crippen molar-refractivity contribution in [3.8, 4) is 0 Å². The van der Waals surface area contributed by atoms with Gasteiger partial charge in [0.05, 0.1) is 17.1 Å². The molecule has 4 aliphatic carbocycles. The van der Waals surface area contributed by atoms with E-state index in [1.54, 1.807) is 0 Å². The number of halogens is 1. The molecule has 1 aliphatic heterocycles. The molecular weight excluding hydrogens is 601 g/mol. The van der Waals surface area contributed by atoms with Gasteiger partial charge in [0.1, 0.15) is 6.61 Å². The van der Waals surface area contributed by atoms with Crippen LogP contribution >= 0.6 is 11.3 Å². The average Bonchev–Trinajstić information content (AvgIpc) is 3.66. The van der Waals surface area contributed by atoms with Gasteiger partial charge in [0.25, 0.3) is 0 Å². The Morgan fingerprint density at radius 1 is 1.20 bits per heavy atom. The third kappa shape index (κ3) is 4.51. The summed E-state index contributed by atoms with van der Waals surface area (Å²) in [5.41, 5.74) is -0.183. The lowest BCUT2D eigenvalue weighted by atomic mass is 9.44. The van der Waals surface area contributed by atoms with Gasteiger partial charge in [0, 0.05) is 28.0 Å². The number of anilines is 1. The summed E-state index contributed by atoms with van der Waals surface area (Å²) in [6.45, 7) is 13.6. The number of aliphatic hydroxyl groups excluding tert-OH is 2. The molecule has 246 valence electrons. The highest BCUT2D eigenvalue weighted by molar-refractivity contribution is 7.10. The van der Waals surface area contributed by atoms with E-state index in [1.807, 2.05) is 32.1 Å². The molecule has 1 saturated heterocycles. The first-order chi connectivity index (χ1) is 21.6. The number of Topliss-reactive ketones (excluding diaryl/α,β-unsaturated/α-hetero) is 1. The third-order valence-electron chi connectivity index (χ3n) is 11.8. The second-order valence-corrected chi connectivity index (χ2v) is 16.6. The summed E-state index contributed by atoms with van der Waals surface area (Å²) in [5, 5.41) is 27.7. The van der Waals surface area contributed by atoms with E-state index in [4.69, 9.17) is 9.47 Å². The fraction of sp³-hybridized carbons (Fsp3) is 0.553. The number of thiophene rings is 1. The molecule has 8 heteroatoms. The number of ketones is 1. The smallest absolute Gasteiger partial charge is 0.194 e. The minimum atomic E-state index is -1.91. The number of fused-ring (bicyclic) bond motifs is 7. The Bertz CT molecular complexity index is 1640. The second kappa shape index (κ2) is 10.7. The molecule has 1 aromatic heterocycles. The van der Waals surface area contributed by atoms with E-state index in [1.165, 1.54) is 16.9 Å². The molecule has 0 radical (unpaired) electrons. The molecule has 6 nitrogen and oxygen atoms in total. The molecule has 0 bridgehead atoms. The van der Waals surface area contributed by atoms with E-state index >= 15 is 4.39 Å². The molecule has 2 aromatic rings. The van der Waals surface area contributed by atoms with Gasteiger partial charge in [-0.2, -0.15) is 0 Å². The lowest BCUT2D eigenvalue weighted by Crippen LogP contribution is -2.69. The van der Waals surface area contributed by atoms with Crippen molar-refractivity contribution in [2.24, 2.45) is 22.7 Å². The first-order valence-corrected chi connectivity index (χ1v) is 17.4. The van der Waals surface area contributed by atoms with E-state index < -0.39 is 58.9 Å². The van der Waals surface area contributed by atoms with Crippen molar-refractivity contribution in [3.63, 3.8) is 0 Å². The summed E-state index contributed by atoms with van der Waals surface area (Å²) in [5.74, 6) is -1.23. The number of carbonyl (C=O) groups is 1. The Labute approximate surface area is 275 Å². The average molecular weight is 648 g/mol. The Balaban J connectivity index is 1.17. The highest BCUT2D eigenvalue weighted by Gasteiger charge is 2.79. The number of rotatable bonds is 6. The van der Waals surface area contributed by atoms with Gasteiger partial charge in [-0.1, -0.05) is 49.4 Å². The van der Waals surface area contributed by atoms with Gasteiger partial charge < -0.3 is 25.0 Å². The third-order valence-corrected chi connectivity index (χ3v) is 12.8. The van der Waals surface area contributed by atoms with Crippen molar-refractivity contribution in [1.29, 1.82) is 0 Å². The lowest BCUT2D eigenvalue weighted by Gasteiger charge is -2.62. The van der Waals surface area contributed by atoms with E-state index in [9.17, 15) is 15.0 Å². The molecule has 5 aliphatic rings. The van der Waals surface area contributed by atoms with Crippen LogP contribution in [0.3, 0.4) is 0 Å². The highest BCUT2D eigenvalue weighted by Crippen LogP contribution is 2.72. The van der Waals surface area contributed by atoms with Crippen LogP contribution in [0.25, 0.3) is 0 Å². The van der Waals surface area contributed by atoms with Crippen molar-refractivity contribution in [2.75, 3.05) is 11.9 Å². The van der Waals surface area contributed by atoms with E-state index in [0.717, 1.165) is 33.7 Å². The number of ether oxygens (including phenoxy) is 2. The number of carbonyl (C=O) groups excluding carboxylic acids is 1. The quantitative estimate of drug-likeness (QED) is 0.307. The zero-order valence-corrected chi connectivity index (χ0v) is 28.3. The van der Waals surface area contributed by atoms with Gasteiger partial charge in [0.15, 0.2) is 23.3 Å². The van der Waals surface area contributed by atoms with Crippen LogP contribution in [-0.2, 0) is 20.7 Å². The largest absolute Gasteiger partial charge is 0.390 e. The SMILES string of the molecule is C=C1C=C[C@@]2(C)C(=C1)CC[C@H]1[C@@H]3C[C@H]4O[C@@H](c5cc(Cc6cccc(NC(C)(C)C)c6)cs5)O[C@@]4(C(=O)CO)[C@@]3(C)C[C@H](O)[C@@]12F. The number of aliphatic hydroxyl groups is 2. The van der Waals surface area contributed by atoms with Crippen LogP contribution in [0.4, 0.5) is 10.1 Å². The fourth-order valence-electron chi connectivity index (χ4n) is 9.82. The van der Waals surface area contributed by atoms with Crippen molar-refractivity contribution in [2.45, 2.75) is 102 Å². The molecular formula is C38H46FNO5S. The lowest BCUT2D eigenvalue weighted by molar-refractivity contribution is -0.231. The Kier molecular flexibility index (Phi) is 7.43. The summed E-state index contributed by atoms with van der Waals surface area (Å²) in [6, 6.07) is 10.5. The van der Waals surface area contributed by atoms with Crippen LogP contribution in [0.5, 0.6) is 0 Å².